The number of rotatable bonds is 2. The molecule has 1 fully saturated rings. The number of hydrogen-bond donors (Lipinski definition) is 2. The van der Waals surface area contributed by atoms with E-state index in [1.165, 1.54) is 0 Å². The molecule has 0 saturated carbocycles. The molecule has 82 valence electrons. The van der Waals surface area contributed by atoms with Crippen molar-refractivity contribution in [3.05, 3.63) is 35.5 Å². The number of benzene rings is 1. The quantitative estimate of drug-likeness (QED) is 0.836. The average molecular weight is 234 g/mol. The van der Waals surface area contributed by atoms with Gasteiger partial charge in [-0.15, -0.1) is 0 Å². The van der Waals surface area contributed by atoms with Crippen molar-refractivity contribution in [3.8, 4) is 0 Å². The van der Waals surface area contributed by atoms with Gasteiger partial charge in [0.1, 0.15) is 0 Å². The van der Waals surface area contributed by atoms with E-state index in [0.717, 1.165) is 29.7 Å². The van der Waals surface area contributed by atoms with Gasteiger partial charge in [0.15, 0.2) is 0 Å². The molecule has 0 unspecified atom stereocenters. The fraction of sp³-hybridized carbons (Fsp3) is 0.250. The third-order valence-electron chi connectivity index (χ3n) is 2.86. The Labute approximate surface area is 98.8 Å². The minimum Gasteiger partial charge on any atom is -0.379 e. The van der Waals surface area contributed by atoms with Crippen LogP contribution >= 0.6 is 11.6 Å². The van der Waals surface area contributed by atoms with Crippen LogP contribution in [0.25, 0.3) is 10.9 Å². The smallest absolute Gasteiger partial charge is 0.0908 e. The maximum absolute atomic E-state index is 6.11. The number of hydrogen-bond acceptors (Lipinski definition) is 3. The van der Waals surface area contributed by atoms with Gasteiger partial charge in [0, 0.05) is 30.4 Å². The van der Waals surface area contributed by atoms with Gasteiger partial charge >= 0.3 is 0 Å². The maximum atomic E-state index is 6.11. The highest BCUT2D eigenvalue weighted by Gasteiger charge is 2.17. The van der Waals surface area contributed by atoms with Crippen molar-refractivity contribution in [2.24, 2.45) is 0 Å². The zero-order chi connectivity index (χ0) is 11.0. The van der Waals surface area contributed by atoms with Crippen LogP contribution in [0.4, 0.5) is 5.69 Å². The van der Waals surface area contributed by atoms with E-state index < -0.39 is 0 Å². The Morgan fingerprint density at radius 2 is 2.19 bits per heavy atom. The summed E-state index contributed by atoms with van der Waals surface area (Å²) >= 11 is 6.11. The summed E-state index contributed by atoms with van der Waals surface area (Å²) < 4.78 is 0. The highest BCUT2D eigenvalue weighted by atomic mass is 35.5. The normalized spacial score (nSPS) is 16.1. The van der Waals surface area contributed by atoms with Gasteiger partial charge in [-0.3, -0.25) is 4.98 Å². The molecule has 2 heterocycles. The fourth-order valence-electron chi connectivity index (χ4n) is 1.87. The second-order valence-electron chi connectivity index (χ2n) is 3.99. The van der Waals surface area contributed by atoms with Crippen molar-refractivity contribution in [2.75, 3.05) is 18.4 Å². The Morgan fingerprint density at radius 1 is 1.31 bits per heavy atom. The fourth-order valence-corrected chi connectivity index (χ4v) is 2.09. The minimum absolute atomic E-state index is 0.518. The van der Waals surface area contributed by atoms with E-state index in [-0.39, 0.29) is 0 Å². The van der Waals surface area contributed by atoms with Gasteiger partial charge in [0.2, 0.25) is 0 Å². The SMILES string of the molecule is Clc1ccc(NC2CNC2)c2cccnc12. The molecule has 1 aromatic heterocycles. The molecule has 1 aliphatic heterocycles. The highest BCUT2D eigenvalue weighted by Crippen LogP contribution is 2.28. The van der Waals surface area contributed by atoms with E-state index >= 15 is 0 Å². The van der Waals surface area contributed by atoms with Crippen LogP contribution in [0.1, 0.15) is 0 Å². The van der Waals surface area contributed by atoms with Crippen molar-refractivity contribution in [2.45, 2.75) is 6.04 Å². The molecular formula is C12H12ClN3. The lowest BCUT2D eigenvalue weighted by Crippen LogP contribution is -2.51. The van der Waals surface area contributed by atoms with E-state index in [9.17, 15) is 0 Å². The Balaban J connectivity index is 2.06. The Kier molecular flexibility index (Phi) is 2.42. The van der Waals surface area contributed by atoms with Gasteiger partial charge in [-0.05, 0) is 24.3 Å². The molecule has 1 aromatic carbocycles. The topological polar surface area (TPSA) is 37.0 Å². The van der Waals surface area contributed by atoms with E-state index in [1.807, 2.05) is 24.3 Å². The molecule has 0 aliphatic carbocycles. The zero-order valence-electron chi connectivity index (χ0n) is 8.70. The Morgan fingerprint density at radius 3 is 2.94 bits per heavy atom. The van der Waals surface area contributed by atoms with Gasteiger partial charge in [-0.25, -0.2) is 0 Å². The molecule has 1 saturated heterocycles. The molecule has 0 radical (unpaired) electrons. The van der Waals surface area contributed by atoms with Crippen molar-refractivity contribution in [1.29, 1.82) is 0 Å². The summed E-state index contributed by atoms with van der Waals surface area (Å²) in [5.41, 5.74) is 1.97. The van der Waals surface area contributed by atoms with E-state index in [2.05, 4.69) is 15.6 Å². The van der Waals surface area contributed by atoms with Crippen molar-refractivity contribution in [1.82, 2.24) is 10.3 Å². The van der Waals surface area contributed by atoms with Crippen LogP contribution in [-0.2, 0) is 0 Å². The molecule has 4 heteroatoms. The monoisotopic (exact) mass is 233 g/mol. The average Bonchev–Trinajstić information content (AvgIpc) is 2.26. The number of nitrogens with one attached hydrogen (secondary N) is 2. The van der Waals surface area contributed by atoms with Gasteiger partial charge in [0.25, 0.3) is 0 Å². The van der Waals surface area contributed by atoms with Crippen LogP contribution in [0.3, 0.4) is 0 Å². The molecule has 0 amide bonds. The number of nitrogens with zero attached hydrogens (tertiary/aromatic N) is 1. The van der Waals surface area contributed by atoms with Crippen molar-refractivity contribution < 1.29 is 0 Å². The van der Waals surface area contributed by atoms with Crippen LogP contribution < -0.4 is 10.6 Å². The lowest BCUT2D eigenvalue weighted by molar-refractivity contribution is 0.472. The van der Waals surface area contributed by atoms with E-state index in [1.54, 1.807) is 6.20 Å². The molecule has 3 nitrogen and oxygen atoms in total. The van der Waals surface area contributed by atoms with Crippen LogP contribution in [0.15, 0.2) is 30.5 Å². The first-order chi connectivity index (χ1) is 7.84. The van der Waals surface area contributed by atoms with Crippen molar-refractivity contribution >= 4 is 28.2 Å². The molecule has 1 aliphatic rings. The molecule has 0 atom stereocenters. The van der Waals surface area contributed by atoms with E-state index in [4.69, 9.17) is 11.6 Å². The third kappa shape index (κ3) is 1.62. The first kappa shape index (κ1) is 9.87. The molecule has 16 heavy (non-hydrogen) atoms. The molecular weight excluding hydrogens is 222 g/mol. The lowest BCUT2D eigenvalue weighted by Gasteiger charge is -2.29. The number of halogens is 1. The summed E-state index contributed by atoms with van der Waals surface area (Å²) in [5.74, 6) is 0. The van der Waals surface area contributed by atoms with Crippen LogP contribution in [-0.4, -0.2) is 24.1 Å². The van der Waals surface area contributed by atoms with Crippen LogP contribution in [0.2, 0.25) is 5.02 Å². The predicted octanol–water partition coefficient (Wildman–Crippen LogP) is 2.27. The first-order valence-electron chi connectivity index (χ1n) is 5.35. The predicted molar refractivity (Wildman–Crippen MR) is 67.0 cm³/mol. The van der Waals surface area contributed by atoms with Gasteiger partial charge in [0.05, 0.1) is 16.6 Å². The molecule has 0 spiro atoms. The van der Waals surface area contributed by atoms with Crippen LogP contribution in [0, 0.1) is 0 Å². The first-order valence-corrected chi connectivity index (χ1v) is 5.73. The third-order valence-corrected chi connectivity index (χ3v) is 3.17. The van der Waals surface area contributed by atoms with E-state index in [0.29, 0.717) is 11.1 Å². The second kappa shape index (κ2) is 3.92. The number of pyridine rings is 1. The minimum atomic E-state index is 0.518. The maximum Gasteiger partial charge on any atom is 0.0908 e. The van der Waals surface area contributed by atoms with Gasteiger partial charge in [-0.1, -0.05) is 11.6 Å². The largest absolute Gasteiger partial charge is 0.379 e. The zero-order valence-corrected chi connectivity index (χ0v) is 9.46. The summed E-state index contributed by atoms with van der Waals surface area (Å²) in [7, 11) is 0. The highest BCUT2D eigenvalue weighted by molar-refractivity contribution is 6.35. The molecule has 2 N–H and O–H groups in total. The number of aromatic nitrogens is 1. The summed E-state index contributed by atoms with van der Waals surface area (Å²) in [6.07, 6.45) is 1.77. The Bertz CT molecular complexity index is 523. The Hall–Kier alpha value is -1.32. The summed E-state index contributed by atoms with van der Waals surface area (Å²) in [4.78, 5) is 4.30. The number of anilines is 1. The van der Waals surface area contributed by atoms with Gasteiger partial charge < -0.3 is 10.6 Å². The summed E-state index contributed by atoms with van der Waals surface area (Å²) in [6.45, 7) is 2.04. The number of fused-ring (bicyclic) bond motifs is 1. The standard InChI is InChI=1S/C12H12ClN3/c13-10-3-4-11(16-8-6-14-7-8)9-2-1-5-15-12(9)10/h1-5,8,14,16H,6-7H2. The van der Waals surface area contributed by atoms with Crippen LogP contribution in [0.5, 0.6) is 0 Å². The summed E-state index contributed by atoms with van der Waals surface area (Å²) in [5, 5.41) is 8.51. The van der Waals surface area contributed by atoms with Crippen molar-refractivity contribution in [3.63, 3.8) is 0 Å². The summed E-state index contributed by atoms with van der Waals surface area (Å²) in [6, 6.07) is 8.41. The molecule has 2 aromatic rings. The second-order valence-corrected chi connectivity index (χ2v) is 4.40. The molecule has 3 rings (SSSR count). The van der Waals surface area contributed by atoms with Gasteiger partial charge in [-0.2, -0.15) is 0 Å². The molecule has 0 bridgehead atoms. The lowest BCUT2D eigenvalue weighted by atomic mass is 10.1.